The van der Waals surface area contributed by atoms with Crippen LogP contribution in [0.4, 0.5) is 0 Å². The molecule has 4 heteroatoms. The molecule has 0 amide bonds. The van der Waals surface area contributed by atoms with E-state index < -0.39 is 0 Å². The second-order valence-electron chi connectivity index (χ2n) is 2.80. The maximum Gasteiger partial charge on any atom is 0.0527 e. The smallest absolute Gasteiger partial charge is 0.0527 e. The molecule has 0 unspecified atom stereocenters. The number of aliphatic hydroxyl groups excluding tert-OH is 2. The summed E-state index contributed by atoms with van der Waals surface area (Å²) >= 11 is 3.54. The fraction of sp³-hybridized carbons (Fsp3) is 1.00. The molecule has 2 nitrogen and oxygen atoms in total. The molecule has 0 aliphatic carbocycles. The minimum Gasteiger partial charge on any atom is -0.396 e. The van der Waals surface area contributed by atoms with Crippen molar-refractivity contribution < 1.29 is 10.2 Å². The minimum absolute atomic E-state index is 0.244. The van der Waals surface area contributed by atoms with Crippen LogP contribution in [0, 0.1) is 5.92 Å². The van der Waals surface area contributed by atoms with Gasteiger partial charge in [-0.2, -0.15) is 0 Å². The third-order valence-electron chi connectivity index (χ3n) is 1.29. The molecule has 74 valence electrons. The summed E-state index contributed by atoms with van der Waals surface area (Å²) in [4.78, 5) is 0. The molecule has 0 bridgehead atoms. The van der Waals surface area contributed by atoms with Gasteiger partial charge in [0.1, 0.15) is 0 Å². The van der Waals surface area contributed by atoms with E-state index >= 15 is 0 Å². The summed E-state index contributed by atoms with van der Waals surface area (Å²) in [6.07, 6.45) is 0. The highest BCUT2D eigenvalue weighted by Crippen LogP contribution is 2.29. The molecular formula is C8H18O2S2. The van der Waals surface area contributed by atoms with E-state index in [1.165, 1.54) is 0 Å². The van der Waals surface area contributed by atoms with E-state index in [1.807, 2.05) is 0 Å². The first-order valence-corrected chi connectivity index (χ1v) is 6.27. The van der Waals surface area contributed by atoms with Crippen LogP contribution in [0.5, 0.6) is 0 Å². The molecule has 12 heavy (non-hydrogen) atoms. The monoisotopic (exact) mass is 210 g/mol. The van der Waals surface area contributed by atoms with Crippen LogP contribution in [0.15, 0.2) is 0 Å². The minimum atomic E-state index is 0.244. The molecule has 0 aromatic heterocycles. The van der Waals surface area contributed by atoms with Crippen LogP contribution in [0.25, 0.3) is 0 Å². The molecule has 0 heterocycles. The van der Waals surface area contributed by atoms with E-state index in [4.69, 9.17) is 10.2 Å². The fourth-order valence-electron chi connectivity index (χ4n) is 0.771. The van der Waals surface area contributed by atoms with E-state index in [0.29, 0.717) is 10.5 Å². The number of hydrogen-bond acceptors (Lipinski definition) is 4. The standard InChI is InChI=1S/C8H18O2S2/c1-7(2)8(11-5-3-9)12-6-4-10/h7-10H,3-6H2,1-2H3. The van der Waals surface area contributed by atoms with Crippen LogP contribution in [0.3, 0.4) is 0 Å². The average Bonchev–Trinajstić information content (AvgIpc) is 2.04. The highest BCUT2D eigenvalue weighted by atomic mass is 32.2. The Balaban J connectivity index is 3.55. The molecule has 0 spiro atoms. The number of hydrogen-bond donors (Lipinski definition) is 2. The highest BCUT2D eigenvalue weighted by molar-refractivity contribution is 8.17. The summed E-state index contributed by atoms with van der Waals surface area (Å²) in [5, 5.41) is 17.3. The van der Waals surface area contributed by atoms with Crippen molar-refractivity contribution in [1.29, 1.82) is 0 Å². The Bertz CT molecular complexity index is 91.1. The summed E-state index contributed by atoms with van der Waals surface area (Å²) in [6.45, 7) is 4.82. The maximum atomic E-state index is 8.64. The van der Waals surface area contributed by atoms with Gasteiger partial charge in [0.2, 0.25) is 0 Å². The van der Waals surface area contributed by atoms with Crippen molar-refractivity contribution in [1.82, 2.24) is 0 Å². The second kappa shape index (κ2) is 8.23. The van der Waals surface area contributed by atoms with E-state index in [-0.39, 0.29) is 13.2 Å². The first-order valence-electron chi connectivity index (χ1n) is 4.17. The summed E-state index contributed by atoms with van der Waals surface area (Å²) in [5.41, 5.74) is 0. The van der Waals surface area contributed by atoms with Crippen molar-refractivity contribution in [2.45, 2.75) is 18.4 Å². The van der Waals surface area contributed by atoms with Gasteiger partial charge in [0, 0.05) is 11.5 Å². The van der Waals surface area contributed by atoms with Gasteiger partial charge >= 0.3 is 0 Å². The Morgan fingerprint density at radius 3 is 1.67 bits per heavy atom. The van der Waals surface area contributed by atoms with Crippen LogP contribution in [0.2, 0.25) is 0 Å². The van der Waals surface area contributed by atoms with E-state index in [9.17, 15) is 0 Å². The van der Waals surface area contributed by atoms with Gasteiger partial charge in [-0.05, 0) is 5.92 Å². The first-order chi connectivity index (χ1) is 5.72. The second-order valence-corrected chi connectivity index (χ2v) is 5.60. The lowest BCUT2D eigenvalue weighted by Crippen LogP contribution is -2.10. The zero-order valence-corrected chi connectivity index (χ0v) is 9.33. The normalized spacial score (nSPS) is 11.5. The average molecular weight is 210 g/mol. The summed E-state index contributed by atoms with van der Waals surface area (Å²) in [6, 6.07) is 0. The lowest BCUT2D eigenvalue weighted by Gasteiger charge is -2.18. The zero-order chi connectivity index (χ0) is 9.40. The van der Waals surface area contributed by atoms with Crippen molar-refractivity contribution in [3.8, 4) is 0 Å². The van der Waals surface area contributed by atoms with Crippen LogP contribution in [-0.2, 0) is 0 Å². The fourth-order valence-corrected chi connectivity index (χ4v) is 3.18. The van der Waals surface area contributed by atoms with Gasteiger partial charge in [-0.25, -0.2) is 0 Å². The van der Waals surface area contributed by atoms with Gasteiger partial charge < -0.3 is 10.2 Å². The molecule has 0 aliphatic rings. The van der Waals surface area contributed by atoms with Gasteiger partial charge in [-0.1, -0.05) is 13.8 Å². The highest BCUT2D eigenvalue weighted by Gasteiger charge is 2.12. The van der Waals surface area contributed by atoms with Gasteiger partial charge in [0.15, 0.2) is 0 Å². The molecule has 0 aromatic carbocycles. The lowest BCUT2D eigenvalue weighted by atomic mass is 10.3. The molecule has 0 aliphatic heterocycles. The Morgan fingerprint density at radius 1 is 1.00 bits per heavy atom. The topological polar surface area (TPSA) is 40.5 Å². The molecule has 0 saturated carbocycles. The molecule has 0 saturated heterocycles. The largest absolute Gasteiger partial charge is 0.396 e. The number of thioether (sulfide) groups is 2. The predicted octanol–water partition coefficient (Wildman–Crippen LogP) is 1.42. The van der Waals surface area contributed by atoms with Crippen molar-refractivity contribution in [3.63, 3.8) is 0 Å². The summed E-state index contributed by atoms with van der Waals surface area (Å²) in [7, 11) is 0. The van der Waals surface area contributed by atoms with Gasteiger partial charge in [-0.15, -0.1) is 23.5 Å². The third-order valence-corrected chi connectivity index (χ3v) is 4.69. The summed E-state index contributed by atoms with van der Waals surface area (Å²) in [5.74, 6) is 2.18. The molecule has 0 rings (SSSR count). The van der Waals surface area contributed by atoms with Crippen molar-refractivity contribution in [3.05, 3.63) is 0 Å². The Labute approximate surface area is 83.1 Å². The quantitative estimate of drug-likeness (QED) is 0.624. The van der Waals surface area contributed by atoms with Gasteiger partial charge in [0.25, 0.3) is 0 Å². The van der Waals surface area contributed by atoms with E-state index in [1.54, 1.807) is 23.5 Å². The van der Waals surface area contributed by atoms with E-state index in [0.717, 1.165) is 11.5 Å². The zero-order valence-electron chi connectivity index (χ0n) is 7.69. The van der Waals surface area contributed by atoms with Crippen LogP contribution < -0.4 is 0 Å². The van der Waals surface area contributed by atoms with Crippen molar-refractivity contribution in [2.24, 2.45) is 5.92 Å². The number of aliphatic hydroxyl groups is 2. The molecule has 0 radical (unpaired) electrons. The predicted molar refractivity (Wildman–Crippen MR) is 57.7 cm³/mol. The molecular weight excluding hydrogens is 192 g/mol. The molecule has 2 N–H and O–H groups in total. The third kappa shape index (κ3) is 6.17. The Hall–Kier alpha value is 0.620. The van der Waals surface area contributed by atoms with Crippen molar-refractivity contribution in [2.75, 3.05) is 24.7 Å². The SMILES string of the molecule is CC(C)C(SCCO)SCCO. The van der Waals surface area contributed by atoms with Crippen molar-refractivity contribution >= 4 is 23.5 Å². The Morgan fingerprint density at radius 2 is 1.42 bits per heavy atom. The van der Waals surface area contributed by atoms with Crippen LogP contribution in [0.1, 0.15) is 13.8 Å². The van der Waals surface area contributed by atoms with Gasteiger partial charge in [-0.3, -0.25) is 0 Å². The lowest BCUT2D eigenvalue weighted by molar-refractivity contribution is 0.322. The molecule has 0 fully saturated rings. The Kier molecular flexibility index (Phi) is 8.65. The van der Waals surface area contributed by atoms with Crippen LogP contribution >= 0.6 is 23.5 Å². The maximum absolute atomic E-state index is 8.64. The van der Waals surface area contributed by atoms with E-state index in [2.05, 4.69) is 13.8 Å². The first kappa shape index (κ1) is 12.6. The van der Waals surface area contributed by atoms with Gasteiger partial charge in [0.05, 0.1) is 17.8 Å². The summed E-state index contributed by atoms with van der Waals surface area (Å²) < 4.78 is 0.504. The number of rotatable bonds is 7. The molecule has 0 atom stereocenters. The molecule has 0 aromatic rings. The van der Waals surface area contributed by atoms with Crippen LogP contribution in [-0.4, -0.2) is 39.5 Å².